The fourth-order valence-electron chi connectivity index (χ4n) is 1.83. The van der Waals surface area contributed by atoms with Gasteiger partial charge in [0.25, 0.3) is 0 Å². The number of nitrogens with one attached hydrogen (secondary N) is 2. The standard InChI is InChI=1S/C12H16N2O2/c1-16-11-4-2-9(3-5-11)14-10-6-7-13-12(15)8-10/h2-5,10,14H,6-8H2,1H3,(H,13,15)/t10-/m0/s1. The van der Waals surface area contributed by atoms with Crippen molar-refractivity contribution in [2.45, 2.75) is 18.9 Å². The molecule has 0 bridgehead atoms. The van der Waals surface area contributed by atoms with Crippen LogP contribution in [-0.4, -0.2) is 25.6 Å². The van der Waals surface area contributed by atoms with Gasteiger partial charge in [-0.2, -0.15) is 0 Å². The summed E-state index contributed by atoms with van der Waals surface area (Å²) >= 11 is 0. The van der Waals surface area contributed by atoms with Crippen LogP contribution in [0.25, 0.3) is 0 Å². The SMILES string of the molecule is COc1ccc(N[C@H]2CCNC(=O)C2)cc1. The van der Waals surface area contributed by atoms with Gasteiger partial charge in [0.1, 0.15) is 5.75 Å². The van der Waals surface area contributed by atoms with Crippen molar-refractivity contribution in [2.24, 2.45) is 0 Å². The topological polar surface area (TPSA) is 50.4 Å². The third-order valence-corrected chi connectivity index (χ3v) is 2.71. The summed E-state index contributed by atoms with van der Waals surface area (Å²) in [6.07, 6.45) is 1.52. The molecule has 1 saturated heterocycles. The van der Waals surface area contributed by atoms with Crippen LogP contribution in [0, 0.1) is 0 Å². The van der Waals surface area contributed by atoms with Crippen LogP contribution < -0.4 is 15.4 Å². The third kappa shape index (κ3) is 2.66. The number of methoxy groups -OCH3 is 1. The first-order chi connectivity index (χ1) is 7.78. The molecule has 16 heavy (non-hydrogen) atoms. The molecule has 4 heteroatoms. The zero-order valence-electron chi connectivity index (χ0n) is 9.32. The fraction of sp³-hybridized carbons (Fsp3) is 0.417. The Kier molecular flexibility index (Phi) is 3.29. The van der Waals surface area contributed by atoms with E-state index in [0.29, 0.717) is 6.42 Å². The Balaban J connectivity index is 1.94. The molecular formula is C12H16N2O2. The van der Waals surface area contributed by atoms with Gasteiger partial charge in [-0.1, -0.05) is 0 Å². The van der Waals surface area contributed by atoms with Crippen molar-refractivity contribution >= 4 is 11.6 Å². The van der Waals surface area contributed by atoms with E-state index in [-0.39, 0.29) is 11.9 Å². The molecule has 0 aliphatic carbocycles. The van der Waals surface area contributed by atoms with Gasteiger partial charge >= 0.3 is 0 Å². The molecule has 2 N–H and O–H groups in total. The summed E-state index contributed by atoms with van der Waals surface area (Å²) in [5.74, 6) is 0.962. The molecule has 1 aromatic carbocycles. The van der Waals surface area contributed by atoms with Gasteiger partial charge in [-0.15, -0.1) is 0 Å². The minimum atomic E-state index is 0.122. The third-order valence-electron chi connectivity index (χ3n) is 2.71. The van der Waals surface area contributed by atoms with Gasteiger partial charge in [0.2, 0.25) is 5.91 Å². The van der Waals surface area contributed by atoms with E-state index < -0.39 is 0 Å². The number of rotatable bonds is 3. The lowest BCUT2D eigenvalue weighted by Gasteiger charge is -2.24. The largest absolute Gasteiger partial charge is 0.497 e. The number of carbonyl (C=O) groups excluding carboxylic acids is 1. The van der Waals surface area contributed by atoms with Gasteiger partial charge in [0, 0.05) is 24.7 Å². The maximum atomic E-state index is 11.2. The van der Waals surface area contributed by atoms with Crippen molar-refractivity contribution < 1.29 is 9.53 Å². The smallest absolute Gasteiger partial charge is 0.222 e. The number of piperidine rings is 1. The van der Waals surface area contributed by atoms with Crippen LogP contribution >= 0.6 is 0 Å². The van der Waals surface area contributed by atoms with Crippen LogP contribution in [0.4, 0.5) is 5.69 Å². The van der Waals surface area contributed by atoms with E-state index in [4.69, 9.17) is 4.74 Å². The highest BCUT2D eigenvalue weighted by molar-refractivity contribution is 5.77. The second-order valence-electron chi connectivity index (χ2n) is 3.91. The van der Waals surface area contributed by atoms with Crippen LogP contribution in [0.5, 0.6) is 5.75 Å². The molecular weight excluding hydrogens is 204 g/mol. The molecule has 1 fully saturated rings. The predicted octanol–water partition coefficient (Wildman–Crippen LogP) is 1.39. The molecule has 0 saturated carbocycles. The maximum Gasteiger partial charge on any atom is 0.222 e. The van der Waals surface area contributed by atoms with E-state index in [2.05, 4.69) is 10.6 Å². The van der Waals surface area contributed by atoms with Gasteiger partial charge in [-0.3, -0.25) is 4.79 Å². The predicted molar refractivity (Wildman–Crippen MR) is 62.6 cm³/mol. The molecule has 4 nitrogen and oxygen atoms in total. The van der Waals surface area contributed by atoms with Gasteiger partial charge in [-0.25, -0.2) is 0 Å². The van der Waals surface area contributed by atoms with Crippen molar-refractivity contribution in [3.8, 4) is 5.75 Å². The van der Waals surface area contributed by atoms with Crippen LogP contribution in [0.3, 0.4) is 0 Å². The summed E-state index contributed by atoms with van der Waals surface area (Å²) in [5, 5.41) is 6.16. The summed E-state index contributed by atoms with van der Waals surface area (Å²) < 4.78 is 5.08. The monoisotopic (exact) mass is 220 g/mol. The van der Waals surface area contributed by atoms with Crippen molar-refractivity contribution in [2.75, 3.05) is 19.0 Å². The lowest BCUT2D eigenvalue weighted by molar-refractivity contribution is -0.122. The van der Waals surface area contributed by atoms with Gasteiger partial charge in [0.05, 0.1) is 7.11 Å². The second kappa shape index (κ2) is 4.88. The minimum Gasteiger partial charge on any atom is -0.497 e. The van der Waals surface area contributed by atoms with Gasteiger partial charge in [0.15, 0.2) is 0 Å². The first-order valence-electron chi connectivity index (χ1n) is 5.45. The zero-order valence-corrected chi connectivity index (χ0v) is 9.32. The molecule has 86 valence electrons. The number of benzene rings is 1. The summed E-state index contributed by atoms with van der Waals surface area (Å²) in [7, 11) is 1.65. The Morgan fingerprint density at radius 2 is 2.12 bits per heavy atom. The van der Waals surface area contributed by atoms with E-state index in [1.807, 2.05) is 24.3 Å². The second-order valence-corrected chi connectivity index (χ2v) is 3.91. The molecule has 1 atom stereocenters. The van der Waals surface area contributed by atoms with E-state index >= 15 is 0 Å². The quantitative estimate of drug-likeness (QED) is 0.809. The maximum absolute atomic E-state index is 11.2. The van der Waals surface area contributed by atoms with E-state index in [0.717, 1.165) is 24.4 Å². The van der Waals surface area contributed by atoms with Crippen molar-refractivity contribution in [1.29, 1.82) is 0 Å². The Labute approximate surface area is 95.0 Å². The molecule has 0 radical (unpaired) electrons. The average Bonchev–Trinajstić information content (AvgIpc) is 2.30. The first kappa shape index (κ1) is 10.8. The van der Waals surface area contributed by atoms with Crippen LogP contribution in [0.2, 0.25) is 0 Å². The van der Waals surface area contributed by atoms with E-state index in [1.165, 1.54) is 0 Å². The summed E-state index contributed by atoms with van der Waals surface area (Å²) in [5.41, 5.74) is 1.03. The molecule has 0 unspecified atom stereocenters. The van der Waals surface area contributed by atoms with E-state index in [1.54, 1.807) is 7.11 Å². The highest BCUT2D eigenvalue weighted by Crippen LogP contribution is 2.17. The summed E-state index contributed by atoms with van der Waals surface area (Å²) in [6, 6.07) is 7.98. The van der Waals surface area contributed by atoms with Gasteiger partial charge in [-0.05, 0) is 30.7 Å². The lowest BCUT2D eigenvalue weighted by Crippen LogP contribution is -2.39. The number of carbonyl (C=O) groups is 1. The van der Waals surface area contributed by atoms with Crippen molar-refractivity contribution in [3.63, 3.8) is 0 Å². The highest BCUT2D eigenvalue weighted by Gasteiger charge is 2.18. The molecule has 1 aromatic rings. The van der Waals surface area contributed by atoms with E-state index in [9.17, 15) is 4.79 Å². The Hall–Kier alpha value is -1.71. The molecule has 1 amide bonds. The normalized spacial score (nSPS) is 20.1. The summed E-state index contributed by atoms with van der Waals surface area (Å²) in [4.78, 5) is 11.2. The number of hydrogen-bond donors (Lipinski definition) is 2. The molecule has 1 aliphatic rings. The van der Waals surface area contributed by atoms with Crippen LogP contribution in [-0.2, 0) is 4.79 Å². The Morgan fingerprint density at radius 1 is 1.38 bits per heavy atom. The Morgan fingerprint density at radius 3 is 2.75 bits per heavy atom. The van der Waals surface area contributed by atoms with Crippen LogP contribution in [0.1, 0.15) is 12.8 Å². The number of amides is 1. The zero-order chi connectivity index (χ0) is 11.4. The van der Waals surface area contributed by atoms with Crippen molar-refractivity contribution in [1.82, 2.24) is 5.32 Å². The molecule has 1 heterocycles. The average molecular weight is 220 g/mol. The molecule has 1 aliphatic heterocycles. The Bertz CT molecular complexity index is 362. The number of hydrogen-bond acceptors (Lipinski definition) is 3. The molecule has 0 aromatic heterocycles. The highest BCUT2D eigenvalue weighted by atomic mass is 16.5. The number of ether oxygens (including phenoxy) is 1. The first-order valence-corrected chi connectivity index (χ1v) is 5.45. The fourth-order valence-corrected chi connectivity index (χ4v) is 1.83. The van der Waals surface area contributed by atoms with Gasteiger partial charge < -0.3 is 15.4 Å². The molecule has 2 rings (SSSR count). The number of anilines is 1. The minimum absolute atomic E-state index is 0.122. The van der Waals surface area contributed by atoms with Crippen molar-refractivity contribution in [3.05, 3.63) is 24.3 Å². The molecule has 0 spiro atoms. The van der Waals surface area contributed by atoms with Crippen LogP contribution in [0.15, 0.2) is 24.3 Å². The summed E-state index contributed by atoms with van der Waals surface area (Å²) in [6.45, 7) is 0.757. The lowest BCUT2D eigenvalue weighted by atomic mass is 10.1.